The molecule has 0 bridgehead atoms. The Morgan fingerprint density at radius 1 is 1.47 bits per heavy atom. The molecule has 0 aliphatic carbocycles. The summed E-state index contributed by atoms with van der Waals surface area (Å²) >= 11 is 0. The van der Waals surface area contributed by atoms with Crippen LogP contribution in [0.5, 0.6) is 0 Å². The van der Waals surface area contributed by atoms with Gasteiger partial charge in [0, 0.05) is 17.7 Å². The number of nitrogens with one attached hydrogen (secondary N) is 1. The average Bonchev–Trinajstić information content (AvgIpc) is 2.83. The number of nitrogens with two attached hydrogens (primary N) is 2. The van der Waals surface area contributed by atoms with Crippen LogP contribution in [0.4, 0.5) is 5.69 Å². The zero-order valence-corrected chi connectivity index (χ0v) is 9.52. The molecule has 1 aromatic rings. The number of nitrogens with zero attached hydrogens (tertiary/aromatic N) is 1. The zero-order chi connectivity index (χ0) is 11.9. The third kappa shape index (κ3) is 1.67. The predicted molar refractivity (Wildman–Crippen MR) is 65.1 cm³/mol. The van der Waals surface area contributed by atoms with E-state index < -0.39 is 5.66 Å². The van der Waals surface area contributed by atoms with Gasteiger partial charge in [0.05, 0.1) is 12.3 Å². The van der Waals surface area contributed by atoms with Gasteiger partial charge in [-0.25, -0.2) is 0 Å². The molecule has 1 fully saturated rings. The van der Waals surface area contributed by atoms with Crippen LogP contribution in [0.2, 0.25) is 0 Å². The van der Waals surface area contributed by atoms with Crippen LogP contribution in [0.15, 0.2) is 23.3 Å². The zero-order valence-electron chi connectivity index (χ0n) is 9.52. The Hall–Kier alpha value is -1.59. The number of nitrogen functional groups attached to an aromatic ring is 1. The number of para-hydroxylation sites is 1. The van der Waals surface area contributed by atoms with Crippen molar-refractivity contribution in [3.8, 4) is 0 Å². The van der Waals surface area contributed by atoms with Crippen molar-refractivity contribution in [1.29, 1.82) is 0 Å². The quantitative estimate of drug-likeness (QED) is 0.535. The first-order chi connectivity index (χ1) is 8.19. The second-order valence-corrected chi connectivity index (χ2v) is 4.65. The summed E-state index contributed by atoms with van der Waals surface area (Å²) in [7, 11) is 0. The molecule has 90 valence electrons. The molecule has 2 aliphatic heterocycles. The van der Waals surface area contributed by atoms with Crippen molar-refractivity contribution in [2.45, 2.75) is 12.1 Å². The fourth-order valence-electron chi connectivity index (χ4n) is 2.39. The monoisotopic (exact) mass is 232 g/mol. The summed E-state index contributed by atoms with van der Waals surface area (Å²) in [6, 6.07) is 5.73. The summed E-state index contributed by atoms with van der Waals surface area (Å²) in [6.45, 7) is 1.44. The van der Waals surface area contributed by atoms with Crippen LogP contribution in [0.3, 0.4) is 0 Å². The Labute approximate surface area is 99.1 Å². The van der Waals surface area contributed by atoms with E-state index in [0.29, 0.717) is 12.3 Å². The second-order valence-electron chi connectivity index (χ2n) is 4.65. The fourth-order valence-corrected chi connectivity index (χ4v) is 2.39. The first-order valence-corrected chi connectivity index (χ1v) is 5.78. The van der Waals surface area contributed by atoms with Gasteiger partial charge in [-0.05, 0) is 18.6 Å². The molecule has 1 saturated heterocycles. The lowest BCUT2D eigenvalue weighted by Gasteiger charge is -2.32. The van der Waals surface area contributed by atoms with Gasteiger partial charge in [-0.2, -0.15) is 5.10 Å². The summed E-state index contributed by atoms with van der Waals surface area (Å²) in [4.78, 5) is 0. The molecule has 2 heterocycles. The molecule has 0 saturated carbocycles. The highest BCUT2D eigenvalue weighted by Crippen LogP contribution is 2.23. The van der Waals surface area contributed by atoms with Crippen LogP contribution < -0.4 is 27.5 Å². The lowest BCUT2D eigenvalue weighted by Crippen LogP contribution is -2.60. The van der Waals surface area contributed by atoms with Gasteiger partial charge in [-0.15, -0.1) is 0 Å². The molecule has 5 N–H and O–H groups in total. The van der Waals surface area contributed by atoms with E-state index in [0.717, 1.165) is 23.6 Å². The van der Waals surface area contributed by atoms with Gasteiger partial charge in [0.2, 0.25) is 0 Å². The maximum Gasteiger partial charge on any atom is 0.127 e. The molecule has 3 rings (SSSR count). The minimum Gasteiger partial charge on any atom is -0.397 e. The maximum atomic E-state index is 6.35. The number of fused-ring (bicyclic) bond motifs is 1. The van der Waals surface area contributed by atoms with Gasteiger partial charge < -0.3 is 16.2 Å². The molecular formula is C12H16N4O. The number of hydrogen-bond acceptors (Lipinski definition) is 5. The summed E-state index contributed by atoms with van der Waals surface area (Å²) in [5, 5.41) is 6.06. The summed E-state index contributed by atoms with van der Waals surface area (Å²) in [5.74, 6) is 0.251. The van der Waals surface area contributed by atoms with E-state index in [1.54, 1.807) is 0 Å². The van der Waals surface area contributed by atoms with Crippen molar-refractivity contribution in [1.82, 2.24) is 5.43 Å². The number of ether oxygens (including phenoxy) is 1. The SMILES string of the molecule is Nc1cccc2c1=NNC(N)(C1CCOC1)C=2. The molecule has 2 unspecified atom stereocenters. The fraction of sp³-hybridized carbons (Fsp3) is 0.417. The van der Waals surface area contributed by atoms with Crippen molar-refractivity contribution in [3.05, 3.63) is 28.8 Å². The van der Waals surface area contributed by atoms with Gasteiger partial charge in [-0.3, -0.25) is 5.43 Å². The minimum absolute atomic E-state index is 0.251. The van der Waals surface area contributed by atoms with E-state index in [1.807, 2.05) is 24.3 Å². The van der Waals surface area contributed by atoms with Crippen molar-refractivity contribution in [2.75, 3.05) is 18.9 Å². The Morgan fingerprint density at radius 3 is 3.12 bits per heavy atom. The van der Waals surface area contributed by atoms with Crippen molar-refractivity contribution < 1.29 is 4.74 Å². The Morgan fingerprint density at radius 2 is 2.35 bits per heavy atom. The Balaban J connectivity index is 2.08. The molecule has 2 atom stereocenters. The molecule has 0 spiro atoms. The molecule has 0 radical (unpaired) electrons. The Kier molecular flexibility index (Phi) is 2.31. The van der Waals surface area contributed by atoms with Crippen LogP contribution in [0, 0.1) is 5.92 Å². The third-order valence-corrected chi connectivity index (χ3v) is 3.46. The topological polar surface area (TPSA) is 85.7 Å². The first-order valence-electron chi connectivity index (χ1n) is 5.78. The van der Waals surface area contributed by atoms with Gasteiger partial charge in [0.1, 0.15) is 11.0 Å². The van der Waals surface area contributed by atoms with E-state index in [9.17, 15) is 0 Å². The number of benzene rings is 1. The third-order valence-electron chi connectivity index (χ3n) is 3.46. The lowest BCUT2D eigenvalue weighted by molar-refractivity contribution is 0.167. The van der Waals surface area contributed by atoms with Gasteiger partial charge in [0.25, 0.3) is 0 Å². The number of anilines is 1. The van der Waals surface area contributed by atoms with E-state index in [-0.39, 0.29) is 5.92 Å². The second kappa shape index (κ2) is 3.72. The Bertz CT molecular complexity index is 550. The smallest absolute Gasteiger partial charge is 0.127 e. The van der Waals surface area contributed by atoms with Crippen molar-refractivity contribution in [2.24, 2.45) is 16.8 Å². The summed E-state index contributed by atoms with van der Waals surface area (Å²) in [6.07, 6.45) is 2.96. The average molecular weight is 232 g/mol. The first kappa shape index (κ1) is 10.6. The van der Waals surface area contributed by atoms with Crippen LogP contribution >= 0.6 is 0 Å². The standard InChI is InChI=1S/C12H16N4O/c13-10-3-1-2-8-6-12(14,16-15-11(8)10)9-4-5-17-7-9/h1-3,6,9,16H,4-5,7,13-14H2. The van der Waals surface area contributed by atoms with E-state index in [4.69, 9.17) is 16.2 Å². The largest absolute Gasteiger partial charge is 0.397 e. The van der Waals surface area contributed by atoms with Crippen molar-refractivity contribution in [3.63, 3.8) is 0 Å². The van der Waals surface area contributed by atoms with Crippen LogP contribution in [-0.2, 0) is 4.74 Å². The molecular weight excluding hydrogens is 216 g/mol. The molecule has 0 amide bonds. The highest BCUT2D eigenvalue weighted by atomic mass is 16.5. The van der Waals surface area contributed by atoms with Crippen molar-refractivity contribution >= 4 is 11.8 Å². The molecule has 5 nitrogen and oxygen atoms in total. The van der Waals surface area contributed by atoms with Gasteiger partial charge >= 0.3 is 0 Å². The highest BCUT2D eigenvalue weighted by Gasteiger charge is 2.36. The van der Waals surface area contributed by atoms with Crippen LogP contribution in [-0.4, -0.2) is 18.9 Å². The minimum atomic E-state index is -0.628. The predicted octanol–water partition coefficient (Wildman–Crippen LogP) is -1.12. The van der Waals surface area contributed by atoms with E-state index >= 15 is 0 Å². The molecule has 2 aliphatic rings. The van der Waals surface area contributed by atoms with Crippen LogP contribution in [0.25, 0.3) is 6.08 Å². The molecule has 1 aromatic carbocycles. The lowest BCUT2D eigenvalue weighted by atomic mass is 9.91. The van der Waals surface area contributed by atoms with E-state index in [1.165, 1.54) is 0 Å². The maximum absolute atomic E-state index is 6.35. The highest BCUT2D eigenvalue weighted by molar-refractivity contribution is 5.45. The normalized spacial score (nSPS) is 31.0. The molecule has 17 heavy (non-hydrogen) atoms. The molecule has 0 aromatic heterocycles. The van der Waals surface area contributed by atoms with Gasteiger partial charge in [-0.1, -0.05) is 12.1 Å². The van der Waals surface area contributed by atoms with E-state index in [2.05, 4.69) is 10.5 Å². The number of hydrogen-bond donors (Lipinski definition) is 3. The molecule has 5 heteroatoms. The summed E-state index contributed by atoms with van der Waals surface area (Å²) in [5.41, 5.74) is 15.3. The summed E-state index contributed by atoms with van der Waals surface area (Å²) < 4.78 is 5.38. The van der Waals surface area contributed by atoms with Gasteiger partial charge in [0.15, 0.2) is 0 Å². The number of rotatable bonds is 1. The van der Waals surface area contributed by atoms with Crippen LogP contribution in [0.1, 0.15) is 6.42 Å².